The van der Waals surface area contributed by atoms with Crippen molar-refractivity contribution in [1.82, 2.24) is 14.5 Å². The molecule has 1 N–H and O–H groups in total. The summed E-state index contributed by atoms with van der Waals surface area (Å²) in [6.45, 7) is 4.94. The number of aliphatic carboxylic acids is 1. The lowest BCUT2D eigenvalue weighted by Gasteiger charge is -2.31. The number of carboxylic acids is 1. The van der Waals surface area contributed by atoms with Gasteiger partial charge in [-0.3, -0.25) is 9.69 Å². The van der Waals surface area contributed by atoms with Gasteiger partial charge in [-0.15, -0.1) is 0 Å². The van der Waals surface area contributed by atoms with Crippen LogP contribution < -0.4 is 0 Å². The molecule has 1 saturated heterocycles. The highest BCUT2D eigenvalue weighted by Gasteiger charge is 2.24. The molecule has 3 heterocycles. The third-order valence-corrected chi connectivity index (χ3v) is 5.83. The normalized spacial score (nSPS) is 21.5. The fourth-order valence-corrected chi connectivity index (χ4v) is 4.27. The summed E-state index contributed by atoms with van der Waals surface area (Å²) in [5.74, 6) is 0.371. The molecule has 5 heteroatoms. The second-order valence-electron chi connectivity index (χ2n) is 7.88. The van der Waals surface area contributed by atoms with Crippen molar-refractivity contribution >= 4 is 17.0 Å². The van der Waals surface area contributed by atoms with E-state index in [1.807, 2.05) is 11.1 Å². The van der Waals surface area contributed by atoms with E-state index in [9.17, 15) is 4.79 Å². The van der Waals surface area contributed by atoms with Crippen LogP contribution in [0.3, 0.4) is 0 Å². The van der Waals surface area contributed by atoms with Gasteiger partial charge < -0.3 is 9.67 Å². The van der Waals surface area contributed by atoms with Gasteiger partial charge in [0.1, 0.15) is 5.65 Å². The maximum Gasteiger partial charge on any atom is 0.317 e. The average Bonchev–Trinajstić information content (AvgIpc) is 3.07. The van der Waals surface area contributed by atoms with E-state index in [1.54, 1.807) is 0 Å². The summed E-state index contributed by atoms with van der Waals surface area (Å²) in [5, 5.41) is 10.2. The minimum atomic E-state index is -0.739. The second-order valence-corrected chi connectivity index (χ2v) is 7.88. The lowest BCUT2D eigenvalue weighted by Crippen LogP contribution is -2.36. The Hall–Kier alpha value is -2.40. The summed E-state index contributed by atoms with van der Waals surface area (Å²) in [4.78, 5) is 17.6. The highest BCUT2D eigenvalue weighted by molar-refractivity contribution is 5.80. The number of nitrogens with zero attached hydrogens (tertiary/aromatic N) is 3. The molecule has 1 aliphatic heterocycles. The van der Waals surface area contributed by atoms with Crippen LogP contribution in [0.2, 0.25) is 0 Å². The zero-order valence-corrected chi connectivity index (χ0v) is 15.8. The number of carboxylic acid groups (broad SMARTS) is 1. The van der Waals surface area contributed by atoms with E-state index >= 15 is 0 Å². The van der Waals surface area contributed by atoms with Gasteiger partial charge in [0.15, 0.2) is 0 Å². The van der Waals surface area contributed by atoms with Crippen LogP contribution in [0.25, 0.3) is 11.0 Å². The van der Waals surface area contributed by atoms with Gasteiger partial charge in [0, 0.05) is 24.3 Å². The van der Waals surface area contributed by atoms with Crippen LogP contribution in [-0.4, -0.2) is 45.2 Å². The van der Waals surface area contributed by atoms with Crippen LogP contribution >= 0.6 is 0 Å². The van der Waals surface area contributed by atoms with Crippen molar-refractivity contribution in [3.63, 3.8) is 0 Å². The molecule has 0 spiro atoms. The van der Waals surface area contributed by atoms with Gasteiger partial charge in [-0.05, 0) is 67.5 Å². The zero-order chi connectivity index (χ0) is 18.8. The topological polar surface area (TPSA) is 58.4 Å². The first-order valence-electron chi connectivity index (χ1n) is 9.85. The largest absolute Gasteiger partial charge is 0.480 e. The molecule has 1 fully saturated rings. The van der Waals surface area contributed by atoms with E-state index in [2.05, 4.69) is 53.0 Å². The van der Waals surface area contributed by atoms with Crippen molar-refractivity contribution < 1.29 is 9.90 Å². The second kappa shape index (κ2) is 7.69. The minimum Gasteiger partial charge on any atom is -0.480 e. The maximum atomic E-state index is 10.9. The predicted molar refractivity (Wildman–Crippen MR) is 107 cm³/mol. The molecule has 2 aromatic rings. The van der Waals surface area contributed by atoms with Crippen LogP contribution in [0.15, 0.2) is 48.3 Å². The number of allylic oxidation sites excluding steroid dienone is 4. The molecule has 1 unspecified atom stereocenters. The lowest BCUT2D eigenvalue weighted by molar-refractivity contribution is -0.138. The van der Waals surface area contributed by atoms with E-state index < -0.39 is 5.97 Å². The van der Waals surface area contributed by atoms with E-state index in [0.717, 1.165) is 44.5 Å². The smallest absolute Gasteiger partial charge is 0.317 e. The third-order valence-electron chi connectivity index (χ3n) is 5.83. The standard InChI is InChI=1S/C22H27N3O2/c1-16-2-4-17(5-3-16)14-25-13-9-20-19(6-10-23-22(20)25)18-7-11-24(12-8-18)15-21(26)27/h2,4-6,9-10,13,16,18H,3,7-8,11-12,14-15H2,1H3,(H,26,27). The van der Waals surface area contributed by atoms with E-state index in [1.165, 1.54) is 16.5 Å². The molecule has 0 amide bonds. The van der Waals surface area contributed by atoms with Crippen LogP contribution in [-0.2, 0) is 11.3 Å². The van der Waals surface area contributed by atoms with Gasteiger partial charge in [-0.25, -0.2) is 4.98 Å². The molecular formula is C22H27N3O2. The SMILES string of the molecule is CC1C=CC(Cn2ccc3c(C4CCN(CC(=O)O)CC4)ccnc32)=CC1. The monoisotopic (exact) mass is 365 g/mol. The summed E-state index contributed by atoms with van der Waals surface area (Å²) in [7, 11) is 0. The van der Waals surface area contributed by atoms with E-state index in [4.69, 9.17) is 5.11 Å². The van der Waals surface area contributed by atoms with Crippen LogP contribution in [0, 0.1) is 5.92 Å². The first-order chi connectivity index (χ1) is 13.1. The Morgan fingerprint density at radius 2 is 2.11 bits per heavy atom. The van der Waals surface area contributed by atoms with Crippen molar-refractivity contribution in [3.8, 4) is 0 Å². The lowest BCUT2D eigenvalue weighted by atomic mass is 9.88. The van der Waals surface area contributed by atoms with Crippen LogP contribution in [0.5, 0.6) is 0 Å². The van der Waals surface area contributed by atoms with E-state index in [-0.39, 0.29) is 6.54 Å². The zero-order valence-electron chi connectivity index (χ0n) is 15.8. The number of likely N-dealkylation sites (tertiary alicyclic amines) is 1. The third kappa shape index (κ3) is 3.98. The number of rotatable bonds is 5. The molecule has 1 atom stereocenters. The Morgan fingerprint density at radius 3 is 2.81 bits per heavy atom. The van der Waals surface area contributed by atoms with Crippen LogP contribution in [0.4, 0.5) is 0 Å². The Bertz CT molecular complexity index is 888. The molecule has 2 aromatic heterocycles. The predicted octanol–water partition coefficient (Wildman–Crippen LogP) is 3.82. The summed E-state index contributed by atoms with van der Waals surface area (Å²) in [5.41, 5.74) is 3.75. The molecule has 2 aliphatic rings. The first-order valence-corrected chi connectivity index (χ1v) is 9.85. The van der Waals surface area contributed by atoms with Gasteiger partial charge in [0.05, 0.1) is 6.54 Å². The molecule has 1 aliphatic carbocycles. The van der Waals surface area contributed by atoms with Crippen molar-refractivity contribution in [2.45, 2.75) is 38.6 Å². The molecule has 0 aromatic carbocycles. The summed E-state index contributed by atoms with van der Waals surface area (Å²) in [6.07, 6.45) is 14.0. The van der Waals surface area contributed by atoms with Gasteiger partial charge in [0.2, 0.25) is 0 Å². The van der Waals surface area contributed by atoms with Crippen LogP contribution in [0.1, 0.15) is 37.7 Å². The van der Waals surface area contributed by atoms with Crippen molar-refractivity contribution in [1.29, 1.82) is 0 Å². The fourth-order valence-electron chi connectivity index (χ4n) is 4.27. The van der Waals surface area contributed by atoms with Gasteiger partial charge in [-0.1, -0.05) is 25.2 Å². The summed E-state index contributed by atoms with van der Waals surface area (Å²) >= 11 is 0. The molecule has 0 saturated carbocycles. The summed E-state index contributed by atoms with van der Waals surface area (Å²) < 4.78 is 2.24. The molecule has 5 nitrogen and oxygen atoms in total. The van der Waals surface area contributed by atoms with Crippen molar-refractivity contribution in [2.75, 3.05) is 19.6 Å². The molecular weight excluding hydrogens is 338 g/mol. The Kier molecular flexibility index (Phi) is 5.12. The fraction of sp³-hybridized carbons (Fsp3) is 0.455. The molecule has 0 radical (unpaired) electrons. The maximum absolute atomic E-state index is 10.9. The quantitative estimate of drug-likeness (QED) is 0.875. The average molecular weight is 365 g/mol. The molecule has 142 valence electrons. The van der Waals surface area contributed by atoms with Gasteiger partial charge >= 0.3 is 5.97 Å². The number of piperidine rings is 1. The number of hydrogen-bond donors (Lipinski definition) is 1. The van der Waals surface area contributed by atoms with E-state index in [0.29, 0.717) is 11.8 Å². The van der Waals surface area contributed by atoms with Gasteiger partial charge in [-0.2, -0.15) is 0 Å². The highest BCUT2D eigenvalue weighted by atomic mass is 16.4. The molecule has 4 rings (SSSR count). The Balaban J connectivity index is 1.51. The summed E-state index contributed by atoms with van der Waals surface area (Å²) in [6, 6.07) is 4.34. The van der Waals surface area contributed by atoms with Gasteiger partial charge in [0.25, 0.3) is 0 Å². The number of aromatic nitrogens is 2. The molecule has 27 heavy (non-hydrogen) atoms. The van der Waals surface area contributed by atoms with Crippen molar-refractivity contribution in [3.05, 3.63) is 53.9 Å². The van der Waals surface area contributed by atoms with Crippen molar-refractivity contribution in [2.24, 2.45) is 5.92 Å². The number of carbonyl (C=O) groups is 1. The number of hydrogen-bond acceptors (Lipinski definition) is 3. The highest BCUT2D eigenvalue weighted by Crippen LogP contribution is 2.33. The number of pyridine rings is 1. The Morgan fingerprint density at radius 1 is 1.30 bits per heavy atom. The first kappa shape index (κ1) is 18.0. The minimum absolute atomic E-state index is 0.149. The molecule has 0 bridgehead atoms. The number of fused-ring (bicyclic) bond motifs is 1. The Labute approximate surface area is 160 Å².